The largest absolute Gasteiger partial charge is 0.370 e. The van der Waals surface area contributed by atoms with Crippen LogP contribution in [0.25, 0.3) is 5.65 Å². The normalized spacial score (nSPS) is 15.7. The molecule has 0 aromatic carbocycles. The Hall–Kier alpha value is -3.16. The quantitative estimate of drug-likeness (QED) is 0.561. The number of rotatable bonds is 3. The highest BCUT2D eigenvalue weighted by atomic mass is 15.4. The Morgan fingerprint density at radius 1 is 1.12 bits per heavy atom. The molecule has 8 heteroatoms. The number of aryl methyl sites for hydroxylation is 1. The number of aliphatic imine (C=N–C) groups is 1. The van der Waals surface area contributed by atoms with E-state index in [1.807, 2.05) is 22.7 Å². The van der Waals surface area contributed by atoms with Crippen LogP contribution >= 0.6 is 0 Å². The third-order valence-corrected chi connectivity index (χ3v) is 4.49. The molecule has 1 aliphatic heterocycles. The highest BCUT2D eigenvalue weighted by Crippen LogP contribution is 2.11. The number of aromatic nitrogens is 4. The monoisotopic (exact) mass is 350 g/mol. The van der Waals surface area contributed by atoms with Crippen LogP contribution in [0.5, 0.6) is 0 Å². The van der Waals surface area contributed by atoms with E-state index in [9.17, 15) is 0 Å². The van der Waals surface area contributed by atoms with Gasteiger partial charge in [0.2, 0.25) is 5.95 Å². The molecule has 3 aromatic rings. The molecule has 3 aromatic heterocycles. The molecule has 134 valence electrons. The van der Waals surface area contributed by atoms with Crippen molar-refractivity contribution >= 4 is 17.6 Å². The van der Waals surface area contributed by atoms with Gasteiger partial charge in [0.25, 0.3) is 0 Å². The standard InChI is InChI=1S/C18H22N8/c1-14-3-4-16-23-15(13-26(16)12-14)11-22-17(19)24-7-9-25(10-8-24)18-20-5-2-6-21-18/h2-6,12-13H,7-11H2,1H3,(H2,19,22). The molecule has 1 saturated heterocycles. The first-order valence-corrected chi connectivity index (χ1v) is 8.70. The maximum absolute atomic E-state index is 6.19. The highest BCUT2D eigenvalue weighted by Gasteiger charge is 2.19. The number of anilines is 1. The van der Waals surface area contributed by atoms with Crippen LogP contribution in [0, 0.1) is 6.92 Å². The molecule has 0 unspecified atom stereocenters. The van der Waals surface area contributed by atoms with E-state index in [0.717, 1.165) is 43.5 Å². The second-order valence-electron chi connectivity index (χ2n) is 6.40. The number of hydrogen-bond acceptors (Lipinski definition) is 5. The zero-order chi connectivity index (χ0) is 17.9. The van der Waals surface area contributed by atoms with Crippen LogP contribution in [-0.2, 0) is 6.54 Å². The van der Waals surface area contributed by atoms with E-state index in [1.54, 1.807) is 12.4 Å². The van der Waals surface area contributed by atoms with E-state index in [-0.39, 0.29) is 0 Å². The molecule has 0 bridgehead atoms. The average molecular weight is 350 g/mol. The molecule has 8 nitrogen and oxygen atoms in total. The number of guanidine groups is 1. The van der Waals surface area contributed by atoms with Crippen molar-refractivity contribution in [1.29, 1.82) is 0 Å². The van der Waals surface area contributed by atoms with Crippen molar-refractivity contribution in [3.05, 3.63) is 54.2 Å². The van der Waals surface area contributed by atoms with Crippen molar-refractivity contribution in [3.63, 3.8) is 0 Å². The number of piperazine rings is 1. The first kappa shape index (κ1) is 16.3. The van der Waals surface area contributed by atoms with E-state index in [0.29, 0.717) is 12.5 Å². The highest BCUT2D eigenvalue weighted by molar-refractivity contribution is 5.78. The Bertz CT molecular complexity index is 909. The predicted molar refractivity (Wildman–Crippen MR) is 101 cm³/mol. The number of imidazole rings is 1. The fourth-order valence-corrected chi connectivity index (χ4v) is 3.08. The maximum atomic E-state index is 6.19. The van der Waals surface area contributed by atoms with Crippen molar-refractivity contribution in [2.45, 2.75) is 13.5 Å². The zero-order valence-electron chi connectivity index (χ0n) is 14.8. The van der Waals surface area contributed by atoms with Gasteiger partial charge in [0.05, 0.1) is 12.2 Å². The van der Waals surface area contributed by atoms with Gasteiger partial charge in [-0.1, -0.05) is 6.07 Å². The molecule has 0 atom stereocenters. The van der Waals surface area contributed by atoms with Crippen LogP contribution in [-0.4, -0.2) is 56.4 Å². The molecule has 0 amide bonds. The third-order valence-electron chi connectivity index (χ3n) is 4.49. The van der Waals surface area contributed by atoms with Crippen LogP contribution in [0.3, 0.4) is 0 Å². The fraction of sp³-hybridized carbons (Fsp3) is 0.333. The van der Waals surface area contributed by atoms with Gasteiger partial charge in [-0.05, 0) is 24.6 Å². The summed E-state index contributed by atoms with van der Waals surface area (Å²) in [7, 11) is 0. The lowest BCUT2D eigenvalue weighted by Crippen LogP contribution is -2.51. The number of nitrogens with two attached hydrogens (primary N) is 1. The number of fused-ring (bicyclic) bond motifs is 1. The van der Waals surface area contributed by atoms with Gasteiger partial charge in [0.15, 0.2) is 5.96 Å². The number of nitrogens with zero attached hydrogens (tertiary/aromatic N) is 7. The second-order valence-corrected chi connectivity index (χ2v) is 6.40. The van der Waals surface area contributed by atoms with Crippen molar-refractivity contribution < 1.29 is 0 Å². The third kappa shape index (κ3) is 3.44. The molecule has 26 heavy (non-hydrogen) atoms. The predicted octanol–water partition coefficient (Wildman–Crippen LogP) is 1.07. The molecule has 2 N–H and O–H groups in total. The Morgan fingerprint density at radius 2 is 1.88 bits per heavy atom. The van der Waals surface area contributed by atoms with Gasteiger partial charge in [0, 0.05) is 51.0 Å². The Balaban J connectivity index is 1.37. The SMILES string of the molecule is Cc1ccc2nc(CN=C(N)N3CCN(c4ncccn4)CC3)cn2c1. The zero-order valence-corrected chi connectivity index (χ0v) is 14.8. The Labute approximate surface area is 152 Å². The van der Waals surface area contributed by atoms with Crippen LogP contribution in [0.2, 0.25) is 0 Å². The number of pyridine rings is 1. The Morgan fingerprint density at radius 3 is 2.65 bits per heavy atom. The molecule has 0 saturated carbocycles. The van der Waals surface area contributed by atoms with E-state index in [1.165, 1.54) is 5.56 Å². The molecular weight excluding hydrogens is 328 g/mol. The average Bonchev–Trinajstić information content (AvgIpc) is 3.09. The molecule has 4 rings (SSSR count). The molecule has 0 aliphatic carbocycles. The van der Waals surface area contributed by atoms with E-state index < -0.39 is 0 Å². The summed E-state index contributed by atoms with van der Waals surface area (Å²) < 4.78 is 2.02. The summed E-state index contributed by atoms with van der Waals surface area (Å²) in [4.78, 5) is 22.0. The van der Waals surface area contributed by atoms with Crippen molar-refractivity contribution in [3.8, 4) is 0 Å². The molecule has 0 radical (unpaired) electrons. The Kier molecular flexibility index (Phi) is 4.39. The van der Waals surface area contributed by atoms with Gasteiger partial charge in [-0.2, -0.15) is 0 Å². The smallest absolute Gasteiger partial charge is 0.225 e. The summed E-state index contributed by atoms with van der Waals surface area (Å²) in [5, 5.41) is 0. The molecular formula is C18H22N8. The summed E-state index contributed by atoms with van der Waals surface area (Å²) in [6.45, 7) is 5.81. The summed E-state index contributed by atoms with van der Waals surface area (Å²) in [5.74, 6) is 1.33. The van der Waals surface area contributed by atoms with Gasteiger partial charge in [-0.15, -0.1) is 0 Å². The van der Waals surface area contributed by atoms with Crippen molar-refractivity contribution in [2.24, 2.45) is 10.7 Å². The van der Waals surface area contributed by atoms with Crippen molar-refractivity contribution in [2.75, 3.05) is 31.1 Å². The fourth-order valence-electron chi connectivity index (χ4n) is 3.08. The number of hydrogen-bond donors (Lipinski definition) is 1. The van der Waals surface area contributed by atoms with Crippen LogP contribution in [0.1, 0.15) is 11.3 Å². The summed E-state index contributed by atoms with van der Waals surface area (Å²) in [5.41, 5.74) is 9.23. The van der Waals surface area contributed by atoms with Gasteiger partial charge in [0.1, 0.15) is 5.65 Å². The minimum atomic E-state index is 0.481. The molecule has 0 spiro atoms. The van der Waals surface area contributed by atoms with E-state index in [4.69, 9.17) is 5.73 Å². The lowest BCUT2D eigenvalue weighted by Gasteiger charge is -2.35. The molecule has 1 fully saturated rings. The minimum Gasteiger partial charge on any atom is -0.370 e. The molecule has 1 aliphatic rings. The second kappa shape index (κ2) is 6.99. The maximum Gasteiger partial charge on any atom is 0.225 e. The topological polar surface area (TPSA) is 87.9 Å². The minimum absolute atomic E-state index is 0.481. The lowest BCUT2D eigenvalue weighted by molar-refractivity contribution is 0.378. The molecule has 4 heterocycles. The van der Waals surface area contributed by atoms with Crippen LogP contribution in [0.15, 0.2) is 48.0 Å². The lowest BCUT2D eigenvalue weighted by atomic mass is 10.3. The van der Waals surface area contributed by atoms with E-state index >= 15 is 0 Å². The first-order chi connectivity index (χ1) is 12.7. The summed E-state index contributed by atoms with van der Waals surface area (Å²) >= 11 is 0. The van der Waals surface area contributed by atoms with Crippen LogP contribution in [0.4, 0.5) is 5.95 Å². The van der Waals surface area contributed by atoms with Gasteiger partial charge < -0.3 is 19.9 Å². The van der Waals surface area contributed by atoms with Gasteiger partial charge in [-0.3, -0.25) is 0 Å². The van der Waals surface area contributed by atoms with Crippen molar-refractivity contribution in [1.82, 2.24) is 24.3 Å². The van der Waals surface area contributed by atoms with E-state index in [2.05, 4.69) is 48.9 Å². The first-order valence-electron chi connectivity index (χ1n) is 8.70. The van der Waals surface area contributed by atoms with Crippen LogP contribution < -0.4 is 10.6 Å². The van der Waals surface area contributed by atoms with Gasteiger partial charge in [-0.25, -0.2) is 19.9 Å². The summed E-state index contributed by atoms with van der Waals surface area (Å²) in [6.07, 6.45) is 7.59. The van der Waals surface area contributed by atoms with Gasteiger partial charge >= 0.3 is 0 Å². The summed E-state index contributed by atoms with van der Waals surface area (Å²) in [6, 6.07) is 5.89.